The summed E-state index contributed by atoms with van der Waals surface area (Å²) in [6, 6.07) is -14.2. The molecular formula is C66H130N30O11. The normalized spacial score (nSPS) is 14.2. The SMILES string of the molecule is CC(C)C[C@H](NC(=O)[C@H](CCCN=C(N)N)NC(=O)[C@H](CC(C)C)NC(=O)[C@H](CC(C)C)NC(=O)[C@H](CC(C)C)NC(=O)[C@H](CCCN=C(N)N)NC(=O)[C@H](CC(C)C)NC(=O)[C@H](CCCN=C(N)N)NC(=O)[C@@H](N)CCCN=C(N)N)C(=O)N[C@@H](CCCN=C(N)N)C(=O)N[C@@H](CCCN=C(N)N)C(N)=O. The number of nitrogens with two attached hydrogens (primary N) is 14. The fourth-order valence-corrected chi connectivity index (χ4v) is 10.8. The molecule has 0 aliphatic rings. The first-order valence-corrected chi connectivity index (χ1v) is 36.4. The second kappa shape index (κ2) is 52.7. The van der Waals surface area contributed by atoms with Crippen molar-refractivity contribution in [1.82, 2.24) is 53.2 Å². The molecule has 0 aliphatic carbocycles. The minimum Gasteiger partial charge on any atom is -0.370 e. The number of guanidine groups is 6. The molecule has 41 heteroatoms. The van der Waals surface area contributed by atoms with E-state index in [9.17, 15) is 52.7 Å². The fourth-order valence-electron chi connectivity index (χ4n) is 10.8. The zero-order chi connectivity index (χ0) is 81.6. The van der Waals surface area contributed by atoms with Crippen molar-refractivity contribution in [2.24, 2.45) is 140 Å². The summed E-state index contributed by atoms with van der Waals surface area (Å²) in [5.41, 5.74) is 78.1. The molecule has 0 heterocycles. The lowest BCUT2D eigenvalue weighted by atomic mass is 9.98. The van der Waals surface area contributed by atoms with E-state index < -0.39 is 131 Å². The predicted octanol–water partition coefficient (Wildman–Crippen LogP) is -6.80. The number of primary amides is 1. The van der Waals surface area contributed by atoms with Gasteiger partial charge in [0, 0.05) is 39.3 Å². The lowest BCUT2D eigenvalue weighted by molar-refractivity contribution is -0.136. The quantitative estimate of drug-likeness (QED) is 0.0153. The average Bonchev–Trinajstić information content (AvgIpc) is 0.857. The topological polar surface area (TPSA) is 747 Å². The van der Waals surface area contributed by atoms with Crippen LogP contribution in [-0.4, -0.2) is 206 Å². The summed E-state index contributed by atoms with van der Waals surface area (Å²) in [4.78, 5) is 180. The van der Waals surface area contributed by atoms with Crippen molar-refractivity contribution >= 4 is 101 Å². The Morgan fingerprint density at radius 2 is 0.374 bits per heavy atom. The van der Waals surface area contributed by atoms with Gasteiger partial charge in [0.05, 0.1) is 6.04 Å². The van der Waals surface area contributed by atoms with Gasteiger partial charge in [0.15, 0.2) is 35.8 Å². The van der Waals surface area contributed by atoms with E-state index in [1.54, 1.807) is 69.2 Å². The third-order valence-corrected chi connectivity index (χ3v) is 15.9. The highest BCUT2D eigenvalue weighted by atomic mass is 16.2. The molecule has 41 nitrogen and oxygen atoms in total. The Labute approximate surface area is 628 Å². The van der Waals surface area contributed by atoms with E-state index in [0.29, 0.717) is 6.42 Å². The van der Waals surface area contributed by atoms with Crippen molar-refractivity contribution in [2.75, 3.05) is 39.3 Å². The third-order valence-electron chi connectivity index (χ3n) is 15.9. The molecule has 0 radical (unpaired) electrons. The van der Waals surface area contributed by atoms with Crippen molar-refractivity contribution in [3.8, 4) is 0 Å². The van der Waals surface area contributed by atoms with Crippen molar-refractivity contribution in [3.05, 3.63) is 0 Å². The maximum absolute atomic E-state index is 14.7. The van der Waals surface area contributed by atoms with Gasteiger partial charge in [-0.25, -0.2) is 0 Å². The Kier molecular flexibility index (Phi) is 47.6. The second-order valence-corrected chi connectivity index (χ2v) is 28.5. The number of nitrogens with zero attached hydrogens (tertiary/aromatic N) is 6. The maximum Gasteiger partial charge on any atom is 0.243 e. The van der Waals surface area contributed by atoms with E-state index in [1.165, 1.54) is 0 Å². The molecule has 0 aromatic heterocycles. The highest BCUT2D eigenvalue weighted by Crippen LogP contribution is 2.16. The van der Waals surface area contributed by atoms with Crippen LogP contribution in [0.1, 0.15) is 178 Å². The number of amides is 11. The van der Waals surface area contributed by atoms with Crippen molar-refractivity contribution < 1.29 is 52.7 Å². The number of carbonyl (C=O) groups is 11. The predicted molar refractivity (Wildman–Crippen MR) is 413 cm³/mol. The van der Waals surface area contributed by atoms with Crippen LogP contribution in [0.2, 0.25) is 0 Å². The summed E-state index contributed by atoms with van der Waals surface area (Å²) in [7, 11) is 0. The van der Waals surface area contributed by atoms with E-state index in [4.69, 9.17) is 80.3 Å². The van der Waals surface area contributed by atoms with E-state index in [2.05, 4.69) is 83.1 Å². The van der Waals surface area contributed by atoms with Gasteiger partial charge in [-0.1, -0.05) is 69.2 Å². The largest absolute Gasteiger partial charge is 0.370 e. The molecule has 0 aromatic rings. The highest BCUT2D eigenvalue weighted by Gasteiger charge is 2.37. The lowest BCUT2D eigenvalue weighted by Crippen LogP contribution is -2.61. The molecule has 107 heavy (non-hydrogen) atoms. The summed E-state index contributed by atoms with van der Waals surface area (Å²) in [6.45, 7) is 18.5. The van der Waals surface area contributed by atoms with E-state index in [0.717, 1.165) is 0 Å². The van der Waals surface area contributed by atoms with E-state index >= 15 is 0 Å². The van der Waals surface area contributed by atoms with Gasteiger partial charge in [-0.3, -0.25) is 82.7 Å². The number of rotatable bonds is 55. The summed E-state index contributed by atoms with van der Waals surface area (Å²) >= 11 is 0. The molecule has 0 saturated carbocycles. The summed E-state index contributed by atoms with van der Waals surface area (Å²) in [5.74, 6) is -11.2. The van der Waals surface area contributed by atoms with Gasteiger partial charge in [-0.2, -0.15) is 0 Å². The van der Waals surface area contributed by atoms with Gasteiger partial charge in [-0.15, -0.1) is 0 Å². The van der Waals surface area contributed by atoms with E-state index in [1.807, 2.05) is 0 Å². The Morgan fingerprint density at radius 3 is 0.551 bits per heavy atom. The van der Waals surface area contributed by atoms with Gasteiger partial charge in [0.2, 0.25) is 65.0 Å². The van der Waals surface area contributed by atoms with Crippen LogP contribution in [-0.2, 0) is 52.7 Å². The zero-order valence-corrected chi connectivity index (χ0v) is 64.3. The first-order chi connectivity index (χ1) is 50.0. The molecule has 0 rings (SSSR count). The summed E-state index contributed by atoms with van der Waals surface area (Å²) < 4.78 is 0. The molecule has 38 N–H and O–H groups in total. The van der Waals surface area contributed by atoms with Crippen LogP contribution in [0, 0.1) is 29.6 Å². The molecule has 0 spiro atoms. The minimum atomic E-state index is -1.40. The molecule has 0 saturated heterocycles. The lowest BCUT2D eigenvalue weighted by Gasteiger charge is -2.30. The maximum atomic E-state index is 14.7. The summed E-state index contributed by atoms with van der Waals surface area (Å²) in [5, 5.41) is 27.3. The van der Waals surface area contributed by atoms with Gasteiger partial charge in [0.1, 0.15) is 60.4 Å². The van der Waals surface area contributed by atoms with Gasteiger partial charge in [-0.05, 0) is 139 Å². The molecule has 11 amide bonds. The summed E-state index contributed by atoms with van der Waals surface area (Å²) in [6.07, 6.45) is 1.37. The Hall–Kier alpha value is -10.2. The third kappa shape index (κ3) is 45.7. The van der Waals surface area contributed by atoms with Gasteiger partial charge < -0.3 is 133 Å². The van der Waals surface area contributed by atoms with Crippen LogP contribution in [0.3, 0.4) is 0 Å². The Bertz CT molecular complexity index is 2990. The van der Waals surface area contributed by atoms with E-state index in [-0.39, 0.29) is 207 Å². The van der Waals surface area contributed by atoms with Crippen LogP contribution >= 0.6 is 0 Å². The molecular weight excluding hydrogens is 1390 g/mol. The number of hydrogen-bond acceptors (Lipinski definition) is 18. The first kappa shape index (κ1) is 96.8. The Morgan fingerprint density at radius 1 is 0.224 bits per heavy atom. The van der Waals surface area contributed by atoms with Crippen LogP contribution in [0.25, 0.3) is 0 Å². The van der Waals surface area contributed by atoms with Crippen molar-refractivity contribution in [3.63, 3.8) is 0 Å². The number of hydrogen-bond donors (Lipinski definition) is 24. The van der Waals surface area contributed by atoms with Crippen molar-refractivity contribution in [2.45, 2.75) is 245 Å². The molecule has 610 valence electrons. The molecule has 0 unspecified atom stereocenters. The number of carbonyl (C=O) groups excluding carboxylic acids is 11. The average molecular weight is 1520 g/mol. The van der Waals surface area contributed by atoms with Crippen LogP contribution in [0.4, 0.5) is 0 Å². The smallest absolute Gasteiger partial charge is 0.243 e. The first-order valence-electron chi connectivity index (χ1n) is 36.4. The Balaban J connectivity index is 7.37. The molecule has 11 atom stereocenters. The highest BCUT2D eigenvalue weighted by molar-refractivity contribution is 5.99. The van der Waals surface area contributed by atoms with Crippen LogP contribution in [0.15, 0.2) is 30.0 Å². The van der Waals surface area contributed by atoms with Gasteiger partial charge in [0.25, 0.3) is 0 Å². The standard InChI is InChI=1S/C66H130N30O11/c1-34(2)29-45(92-53(100)41(19-13-25-83-63(73)74)88-51(98)39(67)17-11-23-81-61(69)70)57(104)90-44(22-16-28-86-66(79)80)55(102)94-48(32-37(7)8)59(106)96-49(33-38(9)10)60(107)95-47(31-36(5)6)58(105)91-43(21-15-27-85-65(77)78)54(101)93-46(30-35(3)4)56(103)89-42(20-14-26-84-64(75)76)52(99)87-40(50(68)97)18-12-24-82-62(71)72/h34-49H,11-33,67H2,1-10H3,(H2,68,97)(H,87,99)(H,88,98)(H,89,103)(H,90,104)(H,91,105)(H,92,100)(H,93,101)(H,94,102)(H,95,107)(H,96,106)(H4,69,70,81)(H4,71,72,82)(H4,73,74,83)(H4,75,76,84)(H4,77,78,85)(H4,79,80,86)/t39-,40-,41-,42-,43-,44-,45-,46-,47-,48-,49-/m0/s1. The molecule has 0 fully saturated rings. The van der Waals surface area contributed by atoms with Crippen LogP contribution in [0.5, 0.6) is 0 Å². The second-order valence-electron chi connectivity index (χ2n) is 28.5. The molecule has 0 aliphatic heterocycles. The number of aliphatic imine (C=N–C) groups is 6. The molecule has 0 bridgehead atoms. The van der Waals surface area contributed by atoms with Crippen LogP contribution < -0.4 is 133 Å². The fraction of sp³-hybridized carbons (Fsp3) is 0.742. The monoisotopic (exact) mass is 1520 g/mol. The molecule has 0 aromatic carbocycles. The number of nitrogens with one attached hydrogen (secondary N) is 10. The van der Waals surface area contributed by atoms with Gasteiger partial charge >= 0.3 is 0 Å². The van der Waals surface area contributed by atoms with Crippen molar-refractivity contribution in [1.29, 1.82) is 0 Å². The minimum absolute atomic E-state index is 0.0130. The zero-order valence-electron chi connectivity index (χ0n) is 64.3.